The number of aromatic nitrogens is 1. The van der Waals surface area contributed by atoms with Crippen LogP contribution in [0.4, 0.5) is 14.5 Å². The van der Waals surface area contributed by atoms with Crippen molar-refractivity contribution in [3.05, 3.63) is 71.9 Å². The molecular formula is C16H12F2N2. The Labute approximate surface area is 115 Å². The van der Waals surface area contributed by atoms with E-state index < -0.39 is 11.6 Å². The van der Waals surface area contributed by atoms with Crippen molar-refractivity contribution < 1.29 is 8.78 Å². The van der Waals surface area contributed by atoms with Gasteiger partial charge >= 0.3 is 0 Å². The quantitative estimate of drug-likeness (QED) is 0.774. The van der Waals surface area contributed by atoms with Gasteiger partial charge in [0.2, 0.25) is 0 Å². The molecule has 4 heteroatoms. The van der Waals surface area contributed by atoms with Crippen molar-refractivity contribution in [1.82, 2.24) is 4.98 Å². The van der Waals surface area contributed by atoms with Crippen LogP contribution in [0.1, 0.15) is 5.56 Å². The minimum atomic E-state index is -0.464. The van der Waals surface area contributed by atoms with Crippen molar-refractivity contribution in [1.29, 1.82) is 0 Å². The van der Waals surface area contributed by atoms with Gasteiger partial charge in [-0.05, 0) is 42.0 Å². The summed E-state index contributed by atoms with van der Waals surface area (Å²) in [7, 11) is 0. The van der Waals surface area contributed by atoms with Crippen LogP contribution in [0.15, 0.2) is 54.7 Å². The lowest BCUT2D eigenvalue weighted by molar-refractivity contribution is 0.602. The molecule has 0 aliphatic rings. The van der Waals surface area contributed by atoms with Gasteiger partial charge in [-0.1, -0.05) is 12.1 Å². The first-order valence-electron chi connectivity index (χ1n) is 6.25. The molecular weight excluding hydrogens is 258 g/mol. The Morgan fingerprint density at radius 3 is 2.80 bits per heavy atom. The second-order valence-electron chi connectivity index (χ2n) is 4.51. The molecule has 0 aliphatic heterocycles. The minimum absolute atomic E-state index is 0.163. The summed E-state index contributed by atoms with van der Waals surface area (Å²) < 4.78 is 26.6. The lowest BCUT2D eigenvalue weighted by Gasteiger charge is -2.08. The molecule has 0 saturated heterocycles. The summed E-state index contributed by atoms with van der Waals surface area (Å²) >= 11 is 0. The maximum Gasteiger partial charge on any atom is 0.146 e. The van der Waals surface area contributed by atoms with Gasteiger partial charge < -0.3 is 5.32 Å². The van der Waals surface area contributed by atoms with Crippen LogP contribution in [0.2, 0.25) is 0 Å². The van der Waals surface area contributed by atoms with E-state index in [9.17, 15) is 8.78 Å². The highest BCUT2D eigenvalue weighted by Gasteiger charge is 2.04. The highest BCUT2D eigenvalue weighted by Crippen LogP contribution is 2.18. The molecule has 0 saturated carbocycles. The molecule has 1 aromatic heterocycles. The van der Waals surface area contributed by atoms with Crippen molar-refractivity contribution in [3.8, 4) is 0 Å². The molecule has 0 unspecified atom stereocenters. The molecule has 1 N–H and O–H groups in total. The summed E-state index contributed by atoms with van der Waals surface area (Å²) in [5.74, 6) is -0.925. The summed E-state index contributed by atoms with van der Waals surface area (Å²) in [5.41, 5.74) is 2.05. The van der Waals surface area contributed by atoms with E-state index in [1.165, 1.54) is 0 Å². The zero-order valence-corrected chi connectivity index (χ0v) is 10.6. The van der Waals surface area contributed by atoms with Gasteiger partial charge in [0, 0.05) is 18.1 Å². The number of pyridine rings is 1. The van der Waals surface area contributed by atoms with Gasteiger partial charge in [-0.25, -0.2) is 8.78 Å². The molecule has 0 radical (unpaired) electrons. The predicted octanol–water partition coefficient (Wildman–Crippen LogP) is 4.13. The summed E-state index contributed by atoms with van der Waals surface area (Å²) in [4.78, 5) is 4.24. The largest absolute Gasteiger partial charge is 0.379 e. The van der Waals surface area contributed by atoms with Crippen LogP contribution in [0.3, 0.4) is 0 Å². The normalized spacial score (nSPS) is 10.7. The molecule has 3 rings (SSSR count). The first-order valence-corrected chi connectivity index (χ1v) is 6.25. The lowest BCUT2D eigenvalue weighted by Crippen LogP contribution is -2.02. The van der Waals surface area contributed by atoms with E-state index in [4.69, 9.17) is 0 Å². The molecule has 1 heterocycles. The van der Waals surface area contributed by atoms with Gasteiger partial charge in [0.15, 0.2) is 0 Å². The zero-order valence-electron chi connectivity index (χ0n) is 10.6. The van der Waals surface area contributed by atoms with Crippen LogP contribution in [0.5, 0.6) is 0 Å². The Balaban J connectivity index is 1.81. The fraction of sp³-hybridized carbons (Fsp3) is 0.0625. The Bertz CT molecular complexity index is 756. The molecule has 0 amide bonds. The van der Waals surface area contributed by atoms with Crippen LogP contribution in [-0.2, 0) is 6.54 Å². The second kappa shape index (κ2) is 5.25. The average Bonchev–Trinajstić information content (AvgIpc) is 2.48. The van der Waals surface area contributed by atoms with Gasteiger partial charge in [-0.3, -0.25) is 4.98 Å². The molecule has 0 aliphatic carbocycles. The molecule has 0 bridgehead atoms. The standard InChI is InChI=1S/C16H12F2N2/c17-13-4-5-14(18)16(9-13)20-10-11-3-6-15-12(8-11)2-1-7-19-15/h1-9,20H,10H2. The van der Waals surface area contributed by atoms with Gasteiger partial charge in [0.25, 0.3) is 0 Å². The lowest BCUT2D eigenvalue weighted by atomic mass is 10.1. The fourth-order valence-corrected chi connectivity index (χ4v) is 2.07. The van der Waals surface area contributed by atoms with Gasteiger partial charge in [0.1, 0.15) is 11.6 Å². The Hall–Kier alpha value is -2.49. The topological polar surface area (TPSA) is 24.9 Å². The SMILES string of the molecule is Fc1ccc(F)c(NCc2ccc3ncccc3c2)c1. The molecule has 2 aromatic carbocycles. The van der Waals surface area contributed by atoms with Gasteiger partial charge in [-0.2, -0.15) is 0 Å². The van der Waals surface area contributed by atoms with Crippen LogP contribution >= 0.6 is 0 Å². The molecule has 0 spiro atoms. The van der Waals surface area contributed by atoms with Crippen molar-refractivity contribution in [2.75, 3.05) is 5.32 Å². The van der Waals surface area contributed by atoms with Crippen molar-refractivity contribution >= 4 is 16.6 Å². The van der Waals surface area contributed by atoms with Crippen LogP contribution in [0, 0.1) is 11.6 Å². The number of nitrogens with one attached hydrogen (secondary N) is 1. The maximum atomic E-state index is 13.5. The van der Waals surface area contributed by atoms with Crippen LogP contribution in [-0.4, -0.2) is 4.98 Å². The monoisotopic (exact) mass is 270 g/mol. The molecule has 20 heavy (non-hydrogen) atoms. The number of hydrogen-bond donors (Lipinski definition) is 1. The van der Waals surface area contributed by atoms with E-state index in [0.29, 0.717) is 6.54 Å². The number of rotatable bonds is 3. The Kier molecular flexibility index (Phi) is 3.29. The van der Waals surface area contributed by atoms with Crippen molar-refractivity contribution in [3.63, 3.8) is 0 Å². The van der Waals surface area contributed by atoms with E-state index in [1.807, 2.05) is 30.3 Å². The van der Waals surface area contributed by atoms with E-state index in [1.54, 1.807) is 6.20 Å². The maximum absolute atomic E-state index is 13.5. The summed E-state index contributed by atoms with van der Waals surface area (Å²) in [5, 5.41) is 3.92. The molecule has 3 aromatic rings. The number of nitrogens with zero attached hydrogens (tertiary/aromatic N) is 1. The molecule has 2 nitrogen and oxygen atoms in total. The van der Waals surface area contributed by atoms with Gasteiger partial charge in [-0.15, -0.1) is 0 Å². The van der Waals surface area contributed by atoms with E-state index in [-0.39, 0.29) is 5.69 Å². The molecule has 0 fully saturated rings. The third-order valence-corrected chi connectivity index (χ3v) is 3.08. The highest BCUT2D eigenvalue weighted by molar-refractivity contribution is 5.78. The Morgan fingerprint density at radius 2 is 1.90 bits per heavy atom. The number of hydrogen-bond acceptors (Lipinski definition) is 2. The molecule has 100 valence electrons. The van der Waals surface area contributed by atoms with E-state index >= 15 is 0 Å². The van der Waals surface area contributed by atoms with E-state index in [2.05, 4.69) is 10.3 Å². The third-order valence-electron chi connectivity index (χ3n) is 3.08. The number of halogens is 2. The highest BCUT2D eigenvalue weighted by atomic mass is 19.1. The van der Waals surface area contributed by atoms with Crippen molar-refractivity contribution in [2.24, 2.45) is 0 Å². The van der Waals surface area contributed by atoms with Crippen molar-refractivity contribution in [2.45, 2.75) is 6.54 Å². The van der Waals surface area contributed by atoms with E-state index in [0.717, 1.165) is 34.7 Å². The summed E-state index contributed by atoms with van der Waals surface area (Å²) in [6, 6.07) is 13.0. The number of fused-ring (bicyclic) bond motifs is 1. The zero-order chi connectivity index (χ0) is 13.9. The van der Waals surface area contributed by atoms with Gasteiger partial charge in [0.05, 0.1) is 11.2 Å². The number of benzene rings is 2. The van der Waals surface area contributed by atoms with Crippen LogP contribution < -0.4 is 5.32 Å². The summed E-state index contributed by atoms with van der Waals surface area (Å²) in [6.45, 7) is 0.422. The first kappa shape index (κ1) is 12.5. The fourth-order valence-electron chi connectivity index (χ4n) is 2.07. The second-order valence-corrected chi connectivity index (χ2v) is 4.51. The average molecular weight is 270 g/mol. The smallest absolute Gasteiger partial charge is 0.146 e. The predicted molar refractivity (Wildman–Crippen MR) is 75.4 cm³/mol. The van der Waals surface area contributed by atoms with Crippen LogP contribution in [0.25, 0.3) is 10.9 Å². The molecule has 0 atom stereocenters. The summed E-state index contributed by atoms with van der Waals surface area (Å²) in [6.07, 6.45) is 1.74. The first-order chi connectivity index (χ1) is 9.72. The third kappa shape index (κ3) is 2.59. The number of anilines is 1. The minimum Gasteiger partial charge on any atom is -0.379 e. The Morgan fingerprint density at radius 1 is 1.00 bits per heavy atom.